The van der Waals surface area contributed by atoms with Gasteiger partial charge in [-0.2, -0.15) is 4.31 Å². The Kier molecular flexibility index (Phi) is 18.4. The minimum atomic E-state index is -5.49. The molecule has 9 N–H and O–H groups in total. The molecule has 1 saturated heterocycles. The lowest BCUT2D eigenvalue weighted by Gasteiger charge is -2.30. The number of carbonyl (C=O) groups is 3. The van der Waals surface area contributed by atoms with Crippen LogP contribution in [0.3, 0.4) is 0 Å². The molecule has 0 saturated carbocycles. The van der Waals surface area contributed by atoms with E-state index in [-0.39, 0.29) is 41.6 Å². The molecule has 2 aromatic heterocycles. The zero-order valence-electron chi connectivity index (χ0n) is 31.3. The van der Waals surface area contributed by atoms with Crippen LogP contribution < -0.4 is 16.4 Å². The molecule has 0 spiro atoms. The number of nitrogens with zero attached hydrogens (tertiary/aromatic N) is 4. The molecule has 322 valence electrons. The number of aliphatic hydroxyl groups excluding tert-OH is 2. The van der Waals surface area contributed by atoms with Crippen molar-refractivity contribution in [3.63, 3.8) is 0 Å². The van der Waals surface area contributed by atoms with E-state index in [4.69, 9.17) is 19.5 Å². The molecule has 0 bridgehead atoms. The van der Waals surface area contributed by atoms with Crippen LogP contribution in [0.4, 0.5) is 5.82 Å². The number of nitrogens with one attached hydrogen (secondary N) is 2. The number of amides is 2. The van der Waals surface area contributed by atoms with E-state index in [1.165, 1.54) is 19.9 Å². The van der Waals surface area contributed by atoms with Crippen LogP contribution in [-0.4, -0.2) is 119 Å². The van der Waals surface area contributed by atoms with Crippen molar-refractivity contribution in [2.24, 2.45) is 5.41 Å². The number of phosphoric acid groups is 3. The second kappa shape index (κ2) is 21.5. The molecule has 3 heterocycles. The van der Waals surface area contributed by atoms with Crippen LogP contribution in [0.5, 0.6) is 0 Å². The molecule has 0 aliphatic carbocycles. The number of carbonyl (C=O) groups excluding carboxylic acids is 3. The first-order valence-electron chi connectivity index (χ1n) is 17.2. The molecular weight excluding hydrogens is 843 g/mol. The molecule has 0 radical (unpaired) electrons. The van der Waals surface area contributed by atoms with Gasteiger partial charge in [-0.1, -0.05) is 51.5 Å². The zero-order valence-corrected chi connectivity index (χ0v) is 34.8. The first-order chi connectivity index (χ1) is 26.6. The highest BCUT2D eigenvalue weighted by Gasteiger charge is 2.54. The maximum atomic E-state index is 13.4. The van der Waals surface area contributed by atoms with Gasteiger partial charge in [-0.3, -0.25) is 37.0 Å². The van der Waals surface area contributed by atoms with Crippen molar-refractivity contribution in [2.45, 2.75) is 83.7 Å². The number of unbranched alkanes of at least 4 members (excludes halogenated alkanes) is 3. The molecule has 28 heteroatoms. The Morgan fingerprint density at radius 2 is 1.82 bits per heavy atom. The van der Waals surface area contributed by atoms with Gasteiger partial charge in [-0.25, -0.2) is 28.6 Å². The van der Waals surface area contributed by atoms with Crippen molar-refractivity contribution in [1.82, 2.24) is 30.2 Å². The maximum Gasteiger partial charge on any atom is 0.485 e. The van der Waals surface area contributed by atoms with E-state index in [0.717, 1.165) is 54.7 Å². The lowest BCUT2D eigenvalue weighted by Crippen LogP contribution is -2.46. The number of aromatic nitrogens is 4. The number of nitrogens with two attached hydrogens (primary N) is 1. The maximum absolute atomic E-state index is 13.4. The molecule has 1 aliphatic heterocycles. The fourth-order valence-corrected chi connectivity index (χ4v) is 8.65. The van der Waals surface area contributed by atoms with E-state index in [1.54, 1.807) is 0 Å². The molecule has 3 unspecified atom stereocenters. The van der Waals surface area contributed by atoms with E-state index in [1.807, 2.05) is 6.08 Å². The average molecular weight is 892 g/mol. The number of fused-ring (bicyclic) bond motifs is 1. The summed E-state index contributed by atoms with van der Waals surface area (Å²) in [5.74, 6) is -1.12. The fourth-order valence-electron chi connectivity index (χ4n) is 4.88. The van der Waals surface area contributed by atoms with Crippen LogP contribution in [0.2, 0.25) is 0 Å². The summed E-state index contributed by atoms with van der Waals surface area (Å²) in [6, 6.07) is 0. The highest BCUT2D eigenvalue weighted by molar-refractivity contribution is 8.14. The predicted octanol–water partition coefficient (Wildman–Crippen LogP) is 1.41. The Labute approximate surface area is 331 Å². The lowest BCUT2D eigenvalue weighted by atomic mass is 9.87. The molecule has 2 aromatic rings. The van der Waals surface area contributed by atoms with Gasteiger partial charge in [0.1, 0.15) is 24.1 Å². The molecule has 2 amide bonds. The summed E-state index contributed by atoms with van der Waals surface area (Å²) >= 11 is 1.05. The van der Waals surface area contributed by atoms with Crippen LogP contribution in [0, 0.1) is 5.41 Å². The molecule has 3 rings (SSSR count). The van der Waals surface area contributed by atoms with Gasteiger partial charge in [0.15, 0.2) is 23.8 Å². The summed E-state index contributed by atoms with van der Waals surface area (Å²) < 4.78 is 68.6. The molecule has 0 aromatic carbocycles. The highest BCUT2D eigenvalue weighted by Crippen LogP contribution is 2.65. The lowest BCUT2D eigenvalue weighted by molar-refractivity contribution is -0.137. The summed E-state index contributed by atoms with van der Waals surface area (Å²) in [6.07, 6.45) is -0.591. The number of phosphoric ester groups is 3. The van der Waals surface area contributed by atoms with E-state index in [0.29, 0.717) is 12.9 Å². The summed E-state index contributed by atoms with van der Waals surface area (Å²) in [7, 11) is -15.5. The Hall–Kier alpha value is -2.70. The third kappa shape index (κ3) is 15.1. The largest absolute Gasteiger partial charge is 0.485 e. The van der Waals surface area contributed by atoms with Gasteiger partial charge in [0.2, 0.25) is 23.2 Å². The second-order valence-corrected chi connectivity index (χ2v) is 18.5. The van der Waals surface area contributed by atoms with Crippen LogP contribution in [0.15, 0.2) is 24.8 Å². The minimum Gasteiger partial charge on any atom is -0.385 e. The summed E-state index contributed by atoms with van der Waals surface area (Å²) in [5.41, 5.74) is 4.21. The van der Waals surface area contributed by atoms with E-state index in [2.05, 4.69) is 45.9 Å². The summed E-state index contributed by atoms with van der Waals surface area (Å²) in [6.45, 7) is 3.76. The van der Waals surface area contributed by atoms with Gasteiger partial charge in [0.25, 0.3) is 0 Å². The van der Waals surface area contributed by atoms with Crippen LogP contribution in [0.1, 0.15) is 59.1 Å². The number of thioether (sulfide) groups is 1. The number of nitrogen functional groups attached to an aromatic ring is 1. The summed E-state index contributed by atoms with van der Waals surface area (Å²) in [5, 5.41) is 26.4. The normalized spacial score (nSPS) is 21.6. The van der Waals surface area contributed by atoms with Gasteiger partial charge >= 0.3 is 23.5 Å². The number of anilines is 1. The molecule has 24 nitrogen and oxygen atoms in total. The molecule has 1 aliphatic rings. The number of imidazole rings is 1. The Morgan fingerprint density at radius 3 is 2.49 bits per heavy atom. The molecule has 7 atom stereocenters. The van der Waals surface area contributed by atoms with Crippen molar-refractivity contribution in [2.75, 3.05) is 38.3 Å². The number of rotatable bonds is 24. The van der Waals surface area contributed by atoms with Crippen LogP contribution in [0.25, 0.3) is 11.2 Å². The number of aliphatic hydroxyl groups is 2. The SMILES string of the molecule is CCCCC/C=C/C(=O)SCCNC(=O)CCNC(=O)C(O)C(C)(C)COP(=O)(O)OP(=O)(OC)O[C@H]1O[C@@H](n2cnc3c(N)ncnc32)[C@H](O)[C@@H]1OP(=O)(O)O. The monoisotopic (exact) mass is 891 g/mol. The standard InChI is InChI=1S/C29H48N7O17P3S/c1-5-6-7-8-9-10-19(38)57-14-13-31-18(37)11-12-32-26(41)23(40)29(2,3)15-49-55(45,46)53-56(47,48-4)52-28-22(51-54(42,43)44)21(39)27(50-28)36-17-35-20-24(30)33-16-34-25(20)36/h9-10,16-17,21-23,27-28,39-40H,5-8,11-15H2,1-4H3,(H,31,37)(H,32,41)(H,45,46)(H2,30,33,34)(H2,42,43,44)/b10-9+/t21-,22+,23?,27-,28-,56?/m1/s1. The number of hydrogen-bond acceptors (Lipinski definition) is 19. The third-order valence-corrected chi connectivity index (χ3v) is 12.2. The van der Waals surface area contributed by atoms with Gasteiger partial charge in [0, 0.05) is 37.8 Å². The topological polar surface area (TPSA) is 353 Å². The molecule has 57 heavy (non-hydrogen) atoms. The van der Waals surface area contributed by atoms with E-state index in [9.17, 15) is 53.0 Å². The van der Waals surface area contributed by atoms with Crippen LogP contribution in [-0.2, 0) is 55.2 Å². The second-order valence-electron chi connectivity index (χ2n) is 12.9. The highest BCUT2D eigenvalue weighted by atomic mass is 32.2. The summed E-state index contributed by atoms with van der Waals surface area (Å²) in [4.78, 5) is 77.8. The van der Waals surface area contributed by atoms with Crippen molar-refractivity contribution in [3.05, 3.63) is 24.8 Å². The Bertz CT molecular complexity index is 1860. The van der Waals surface area contributed by atoms with Crippen molar-refractivity contribution in [3.8, 4) is 0 Å². The van der Waals surface area contributed by atoms with Crippen LogP contribution >= 0.6 is 35.2 Å². The first-order valence-corrected chi connectivity index (χ1v) is 22.7. The number of ether oxygens (including phenoxy) is 1. The van der Waals surface area contributed by atoms with Crippen molar-refractivity contribution >= 4 is 69.1 Å². The fraction of sp³-hybridized carbons (Fsp3) is 0.655. The van der Waals surface area contributed by atoms with Gasteiger partial charge in [-0.15, -0.1) is 0 Å². The van der Waals surface area contributed by atoms with Crippen molar-refractivity contribution < 1.29 is 80.1 Å². The van der Waals surface area contributed by atoms with E-state index >= 15 is 0 Å². The average Bonchev–Trinajstić information content (AvgIpc) is 3.69. The third-order valence-electron chi connectivity index (χ3n) is 7.89. The van der Waals surface area contributed by atoms with E-state index < -0.39 is 78.1 Å². The molecule has 1 fully saturated rings. The predicted molar refractivity (Wildman–Crippen MR) is 200 cm³/mol. The minimum absolute atomic E-state index is 0.0118. The number of hydrogen-bond donors (Lipinski definition) is 8. The quantitative estimate of drug-likeness (QED) is 0.0419. The van der Waals surface area contributed by atoms with Crippen molar-refractivity contribution in [1.29, 1.82) is 0 Å². The number of allylic oxidation sites excluding steroid dienone is 1. The zero-order chi connectivity index (χ0) is 42.6. The Balaban J connectivity index is 1.52. The van der Waals surface area contributed by atoms with Gasteiger partial charge in [-0.05, 0) is 18.9 Å². The first kappa shape index (κ1) is 48.7. The Morgan fingerprint density at radius 1 is 1.11 bits per heavy atom. The van der Waals surface area contributed by atoms with Gasteiger partial charge in [0.05, 0.1) is 12.9 Å². The van der Waals surface area contributed by atoms with Gasteiger partial charge < -0.3 is 46.0 Å². The smallest absolute Gasteiger partial charge is 0.385 e. The molecular formula is C29H48N7O17P3S.